The summed E-state index contributed by atoms with van der Waals surface area (Å²) in [5.74, 6) is 1.40. The minimum absolute atomic E-state index is 0.169. The summed E-state index contributed by atoms with van der Waals surface area (Å²) >= 11 is 1.24. The second-order valence-corrected chi connectivity index (χ2v) is 11.3. The monoisotopic (exact) mass is 602 g/mol. The average molecular weight is 603 g/mol. The summed E-state index contributed by atoms with van der Waals surface area (Å²) in [6.45, 7) is 6.74. The van der Waals surface area contributed by atoms with E-state index < -0.39 is 6.04 Å². The first-order chi connectivity index (χ1) is 21.4. The van der Waals surface area contributed by atoms with Gasteiger partial charge in [-0.05, 0) is 61.9 Å². The highest BCUT2D eigenvalue weighted by Crippen LogP contribution is 2.40. The number of carbonyl (C=O) groups is 1. The van der Waals surface area contributed by atoms with Crippen molar-refractivity contribution in [2.24, 2.45) is 4.99 Å². The molecule has 9 heteroatoms. The molecule has 3 heterocycles. The quantitative estimate of drug-likeness (QED) is 0.248. The first kappa shape index (κ1) is 28.9. The number of thiazole rings is 1. The Labute approximate surface area is 258 Å². The summed E-state index contributed by atoms with van der Waals surface area (Å²) in [5, 5.41) is 11.4. The van der Waals surface area contributed by atoms with Gasteiger partial charge in [0.15, 0.2) is 4.80 Å². The third-order valence-electron chi connectivity index (χ3n) is 7.94. The zero-order valence-corrected chi connectivity index (χ0v) is 25.6. The average Bonchev–Trinajstić information content (AvgIpc) is 3.64. The Morgan fingerprint density at radius 2 is 1.84 bits per heavy atom. The molecule has 0 spiro atoms. The summed E-state index contributed by atoms with van der Waals surface area (Å²) < 4.78 is 14.0. The number of allylic oxidation sites excluding steroid dienone is 1. The van der Waals surface area contributed by atoms with Crippen molar-refractivity contribution in [3.05, 3.63) is 121 Å². The summed E-state index contributed by atoms with van der Waals surface area (Å²) in [6.07, 6.45) is 1.69. The van der Waals surface area contributed by atoms with Gasteiger partial charge in [0, 0.05) is 30.3 Å². The van der Waals surface area contributed by atoms with E-state index in [9.17, 15) is 14.9 Å². The predicted molar refractivity (Wildman–Crippen MR) is 171 cm³/mol. The van der Waals surface area contributed by atoms with Crippen LogP contribution in [0.25, 0.3) is 28.2 Å². The third-order valence-corrected chi connectivity index (χ3v) is 8.92. The smallest absolute Gasteiger partial charge is 0.271 e. The fourth-order valence-corrected chi connectivity index (χ4v) is 6.81. The lowest BCUT2D eigenvalue weighted by atomic mass is 9.90. The van der Waals surface area contributed by atoms with Crippen LogP contribution in [-0.4, -0.2) is 35.6 Å². The molecule has 1 atom stereocenters. The lowest BCUT2D eigenvalue weighted by molar-refractivity contribution is -0.127. The summed E-state index contributed by atoms with van der Waals surface area (Å²) in [4.78, 5) is 35.4. The van der Waals surface area contributed by atoms with Gasteiger partial charge < -0.3 is 14.1 Å². The van der Waals surface area contributed by atoms with E-state index in [0.717, 1.165) is 16.3 Å². The Bertz CT molecular complexity index is 2180. The van der Waals surface area contributed by atoms with Crippen molar-refractivity contribution in [3.63, 3.8) is 0 Å². The molecule has 0 saturated carbocycles. The highest BCUT2D eigenvalue weighted by atomic mass is 32.1. The molecule has 0 N–H and O–H groups in total. The second-order valence-electron chi connectivity index (χ2n) is 10.3. The van der Waals surface area contributed by atoms with Gasteiger partial charge in [0.2, 0.25) is 0 Å². The number of carbonyl (C=O) groups excluding carboxylic acids is 1. The van der Waals surface area contributed by atoms with E-state index in [-0.39, 0.29) is 11.5 Å². The van der Waals surface area contributed by atoms with Gasteiger partial charge in [-0.1, -0.05) is 53.8 Å². The molecule has 2 aromatic heterocycles. The molecule has 3 aromatic carbocycles. The van der Waals surface area contributed by atoms with Crippen molar-refractivity contribution in [3.8, 4) is 23.1 Å². The Balaban J connectivity index is 1.59. The number of likely N-dealkylation sites (N-methyl/N-ethyl adjacent to an activating group) is 1. The van der Waals surface area contributed by atoms with Crippen molar-refractivity contribution in [1.29, 1.82) is 5.26 Å². The lowest BCUT2D eigenvalue weighted by Crippen LogP contribution is -2.43. The van der Waals surface area contributed by atoms with Gasteiger partial charge in [0.1, 0.15) is 23.3 Å². The van der Waals surface area contributed by atoms with E-state index in [4.69, 9.17) is 14.1 Å². The number of amides is 1. The number of fused-ring (bicyclic) bond motifs is 2. The molecule has 8 nitrogen and oxygen atoms in total. The van der Waals surface area contributed by atoms with E-state index in [2.05, 4.69) is 6.07 Å². The Morgan fingerprint density at radius 3 is 2.59 bits per heavy atom. The standard InChI is InChI=1S/C35H30N4O4S/c1-5-38(6-2)34(41)30-21(3)37-35-39(32(30)31-26-14-10-7-11-22(26)15-17-28(31)42-4)33(40)29(44-35)19-24-16-18-27(43-24)25-13-9-8-12-23(25)20-36/h7-19,32H,5-6H2,1-4H3/b29-19+/t32-/m1/s1. The normalized spacial score (nSPS) is 14.7. The Morgan fingerprint density at radius 1 is 1.09 bits per heavy atom. The van der Waals surface area contributed by atoms with Crippen LogP contribution in [0.5, 0.6) is 5.75 Å². The predicted octanol–water partition coefficient (Wildman–Crippen LogP) is 5.40. The Kier molecular flexibility index (Phi) is 7.77. The van der Waals surface area contributed by atoms with Crippen molar-refractivity contribution in [2.45, 2.75) is 26.8 Å². The van der Waals surface area contributed by atoms with Crippen LogP contribution < -0.4 is 19.6 Å². The van der Waals surface area contributed by atoms with E-state index in [1.807, 2.05) is 69.3 Å². The van der Waals surface area contributed by atoms with Gasteiger partial charge in [-0.25, -0.2) is 4.99 Å². The molecule has 0 bridgehead atoms. The minimum atomic E-state index is -0.766. The van der Waals surface area contributed by atoms with E-state index in [1.165, 1.54) is 11.3 Å². The molecular weight excluding hydrogens is 572 g/mol. The third kappa shape index (κ3) is 4.83. The number of rotatable bonds is 7. The van der Waals surface area contributed by atoms with E-state index in [0.29, 0.717) is 62.1 Å². The van der Waals surface area contributed by atoms with Gasteiger partial charge in [0.25, 0.3) is 11.5 Å². The van der Waals surface area contributed by atoms with Gasteiger partial charge in [0.05, 0.1) is 34.5 Å². The number of methoxy groups -OCH3 is 1. The van der Waals surface area contributed by atoms with Crippen LogP contribution in [-0.2, 0) is 4.79 Å². The first-order valence-electron chi connectivity index (χ1n) is 14.4. The zero-order valence-electron chi connectivity index (χ0n) is 24.8. The maximum Gasteiger partial charge on any atom is 0.271 e. The first-order valence-corrected chi connectivity index (χ1v) is 15.2. The highest BCUT2D eigenvalue weighted by molar-refractivity contribution is 7.07. The molecule has 0 fully saturated rings. The molecule has 1 aliphatic rings. The summed E-state index contributed by atoms with van der Waals surface area (Å²) in [7, 11) is 1.60. The summed E-state index contributed by atoms with van der Waals surface area (Å²) in [6, 6.07) is 23.9. The molecule has 0 unspecified atom stereocenters. The molecule has 0 aliphatic carbocycles. The number of furan rings is 1. The van der Waals surface area contributed by atoms with Crippen LogP contribution in [0.1, 0.15) is 43.7 Å². The zero-order chi connectivity index (χ0) is 31.0. The van der Waals surface area contributed by atoms with Crippen LogP contribution in [0.15, 0.2) is 98.3 Å². The van der Waals surface area contributed by atoms with Gasteiger partial charge in [-0.2, -0.15) is 5.26 Å². The molecule has 1 amide bonds. The van der Waals surface area contributed by atoms with Crippen LogP contribution in [0.4, 0.5) is 0 Å². The minimum Gasteiger partial charge on any atom is -0.496 e. The summed E-state index contributed by atoms with van der Waals surface area (Å²) in [5.41, 5.74) is 2.61. The number of aromatic nitrogens is 1. The molecule has 6 rings (SSSR count). The molecule has 220 valence electrons. The highest BCUT2D eigenvalue weighted by Gasteiger charge is 2.36. The maximum atomic E-state index is 14.3. The number of hydrogen-bond acceptors (Lipinski definition) is 7. The fourth-order valence-electron chi connectivity index (χ4n) is 5.78. The Hall–Kier alpha value is -5.20. The van der Waals surface area contributed by atoms with Gasteiger partial charge >= 0.3 is 0 Å². The second kappa shape index (κ2) is 11.8. The van der Waals surface area contributed by atoms with Gasteiger partial charge in [-0.3, -0.25) is 14.2 Å². The maximum absolute atomic E-state index is 14.3. The van der Waals surface area contributed by atoms with Crippen molar-refractivity contribution in [2.75, 3.05) is 20.2 Å². The number of hydrogen-bond donors (Lipinski definition) is 0. The van der Waals surface area contributed by atoms with Crippen molar-refractivity contribution < 1.29 is 13.9 Å². The van der Waals surface area contributed by atoms with Crippen LogP contribution in [0, 0.1) is 11.3 Å². The SMILES string of the molecule is CCN(CC)C(=O)C1=C(C)N=c2s/c(=C/c3ccc(-c4ccccc4C#N)o3)c(=O)n2[C@H]1c1c(OC)ccc2ccccc12. The van der Waals surface area contributed by atoms with E-state index >= 15 is 0 Å². The largest absolute Gasteiger partial charge is 0.496 e. The number of ether oxygens (including phenoxy) is 1. The fraction of sp³-hybridized carbons (Fsp3) is 0.200. The van der Waals surface area contributed by atoms with E-state index in [1.54, 1.807) is 46.9 Å². The number of nitriles is 1. The van der Waals surface area contributed by atoms with Crippen LogP contribution in [0.2, 0.25) is 0 Å². The molecule has 0 saturated heterocycles. The molecule has 5 aromatic rings. The lowest BCUT2D eigenvalue weighted by Gasteiger charge is -2.30. The molecular formula is C35H30N4O4S. The molecule has 0 radical (unpaired) electrons. The van der Waals surface area contributed by atoms with Crippen LogP contribution in [0.3, 0.4) is 0 Å². The topological polar surface area (TPSA) is 101 Å². The van der Waals surface area contributed by atoms with Gasteiger partial charge in [-0.15, -0.1) is 0 Å². The number of nitrogens with zero attached hydrogens (tertiary/aromatic N) is 4. The number of benzene rings is 3. The molecule has 44 heavy (non-hydrogen) atoms. The van der Waals surface area contributed by atoms with Crippen molar-refractivity contribution >= 4 is 34.1 Å². The van der Waals surface area contributed by atoms with Crippen molar-refractivity contribution in [1.82, 2.24) is 9.47 Å². The van der Waals surface area contributed by atoms with Crippen LogP contribution >= 0.6 is 11.3 Å². The molecule has 1 aliphatic heterocycles.